The number of para-hydroxylation sites is 2. The van der Waals surface area contributed by atoms with E-state index in [-0.39, 0.29) is 0 Å². The van der Waals surface area contributed by atoms with Gasteiger partial charge in [0, 0.05) is 6.04 Å². The Labute approximate surface area is 122 Å². The number of nitrogens with one attached hydrogen (secondary N) is 1. The molecule has 0 amide bonds. The first-order valence-corrected chi connectivity index (χ1v) is 7.94. The van der Waals surface area contributed by atoms with E-state index in [1.165, 1.54) is 12.8 Å². The Balaban J connectivity index is 1.66. The molecule has 108 valence electrons. The summed E-state index contributed by atoms with van der Waals surface area (Å²) in [6.07, 6.45) is 8.59. The first-order valence-electron chi connectivity index (χ1n) is 7.94. The first-order chi connectivity index (χ1) is 9.78. The molecule has 2 aliphatic carbocycles. The number of rotatable bonds is 6. The molecule has 1 saturated carbocycles. The Morgan fingerprint density at radius 2 is 2.10 bits per heavy atom. The zero-order valence-electron chi connectivity index (χ0n) is 12.5. The van der Waals surface area contributed by atoms with E-state index in [9.17, 15) is 0 Å². The largest absolute Gasteiger partial charge is 0.491 e. The van der Waals surface area contributed by atoms with Crippen molar-refractivity contribution < 1.29 is 4.74 Å². The molecular weight excluding hydrogens is 246 g/mol. The third kappa shape index (κ3) is 2.70. The van der Waals surface area contributed by atoms with Gasteiger partial charge < -0.3 is 10.1 Å². The van der Waals surface area contributed by atoms with Gasteiger partial charge in [-0.2, -0.15) is 0 Å². The lowest BCUT2D eigenvalue weighted by Crippen LogP contribution is -2.29. The summed E-state index contributed by atoms with van der Waals surface area (Å²) in [7, 11) is 0. The third-order valence-electron chi connectivity index (χ3n) is 4.70. The number of fused-ring (bicyclic) bond motifs is 2. The van der Waals surface area contributed by atoms with Crippen LogP contribution in [0, 0.1) is 17.8 Å². The van der Waals surface area contributed by atoms with Gasteiger partial charge >= 0.3 is 0 Å². The zero-order chi connectivity index (χ0) is 13.9. The third-order valence-corrected chi connectivity index (χ3v) is 4.70. The van der Waals surface area contributed by atoms with Crippen molar-refractivity contribution in [1.82, 2.24) is 0 Å². The standard InChI is InChI=1S/C18H25NO/c1-3-10-20-18-7-5-4-6-17(18)19-13(2)16-12-14-8-9-15(16)11-14/h4-9,13-16,19H,3,10-12H2,1-2H3. The number of anilines is 1. The van der Waals surface area contributed by atoms with E-state index in [4.69, 9.17) is 4.74 Å². The van der Waals surface area contributed by atoms with Crippen LogP contribution in [0.15, 0.2) is 36.4 Å². The molecule has 1 aromatic carbocycles. The highest BCUT2D eigenvalue weighted by molar-refractivity contribution is 5.56. The summed E-state index contributed by atoms with van der Waals surface area (Å²) in [5.74, 6) is 3.37. The number of hydrogen-bond donors (Lipinski definition) is 1. The van der Waals surface area contributed by atoms with Crippen LogP contribution in [0.2, 0.25) is 0 Å². The van der Waals surface area contributed by atoms with Gasteiger partial charge in [-0.05, 0) is 56.1 Å². The normalized spacial score (nSPS) is 28.6. The Hall–Kier alpha value is -1.44. The molecule has 2 nitrogen and oxygen atoms in total. The number of allylic oxidation sites excluding steroid dienone is 2. The van der Waals surface area contributed by atoms with E-state index in [0.717, 1.165) is 42.2 Å². The number of ether oxygens (including phenoxy) is 1. The smallest absolute Gasteiger partial charge is 0.142 e. The summed E-state index contributed by atoms with van der Waals surface area (Å²) in [6, 6.07) is 8.81. The summed E-state index contributed by atoms with van der Waals surface area (Å²) in [5.41, 5.74) is 1.14. The second kappa shape index (κ2) is 5.90. The van der Waals surface area contributed by atoms with Gasteiger partial charge in [0.05, 0.1) is 12.3 Å². The molecule has 0 aliphatic heterocycles. The van der Waals surface area contributed by atoms with Crippen molar-refractivity contribution >= 4 is 5.69 Å². The van der Waals surface area contributed by atoms with Crippen LogP contribution in [-0.4, -0.2) is 12.6 Å². The van der Waals surface area contributed by atoms with Crippen molar-refractivity contribution in [3.05, 3.63) is 36.4 Å². The van der Waals surface area contributed by atoms with E-state index in [1.807, 2.05) is 6.07 Å². The Morgan fingerprint density at radius 1 is 1.25 bits per heavy atom. The SMILES string of the molecule is CCCOc1ccccc1NC(C)C1CC2C=CC1C2. The lowest BCUT2D eigenvalue weighted by molar-refractivity contribution is 0.317. The minimum absolute atomic E-state index is 0.501. The molecule has 2 heteroatoms. The average molecular weight is 271 g/mol. The maximum atomic E-state index is 5.84. The second-order valence-electron chi connectivity index (χ2n) is 6.22. The molecule has 0 spiro atoms. The molecule has 4 atom stereocenters. The molecule has 3 rings (SSSR count). The molecule has 0 saturated heterocycles. The van der Waals surface area contributed by atoms with Gasteiger partial charge in [-0.3, -0.25) is 0 Å². The Morgan fingerprint density at radius 3 is 2.80 bits per heavy atom. The van der Waals surface area contributed by atoms with Crippen LogP contribution in [0.1, 0.15) is 33.1 Å². The quantitative estimate of drug-likeness (QED) is 0.770. The van der Waals surface area contributed by atoms with Crippen molar-refractivity contribution in [3.8, 4) is 5.75 Å². The number of hydrogen-bond acceptors (Lipinski definition) is 2. The van der Waals surface area contributed by atoms with Gasteiger partial charge in [0.2, 0.25) is 0 Å². The predicted octanol–water partition coefficient (Wildman–Crippen LogP) is 4.49. The van der Waals surface area contributed by atoms with E-state index < -0.39 is 0 Å². The summed E-state index contributed by atoms with van der Waals surface area (Å²) < 4.78 is 5.84. The van der Waals surface area contributed by atoms with Crippen molar-refractivity contribution in [2.24, 2.45) is 17.8 Å². The fourth-order valence-electron chi connectivity index (χ4n) is 3.67. The van der Waals surface area contributed by atoms with Crippen molar-refractivity contribution in [2.45, 2.75) is 39.2 Å². The first kappa shape index (κ1) is 13.5. The summed E-state index contributed by atoms with van der Waals surface area (Å²) >= 11 is 0. The minimum atomic E-state index is 0.501. The van der Waals surface area contributed by atoms with Crippen LogP contribution in [0.3, 0.4) is 0 Å². The lowest BCUT2D eigenvalue weighted by Gasteiger charge is -2.27. The molecular formula is C18H25NO. The van der Waals surface area contributed by atoms with Gasteiger partial charge in [0.25, 0.3) is 0 Å². The van der Waals surface area contributed by atoms with Gasteiger partial charge in [-0.25, -0.2) is 0 Å². The Bertz CT molecular complexity index is 482. The monoisotopic (exact) mass is 271 g/mol. The molecule has 4 unspecified atom stereocenters. The molecule has 0 radical (unpaired) electrons. The van der Waals surface area contributed by atoms with Crippen molar-refractivity contribution in [1.29, 1.82) is 0 Å². The molecule has 0 aromatic heterocycles. The van der Waals surface area contributed by atoms with Crippen LogP contribution in [0.5, 0.6) is 5.75 Å². The van der Waals surface area contributed by atoms with Gasteiger partial charge in [-0.1, -0.05) is 31.2 Å². The molecule has 2 aliphatic rings. The molecule has 20 heavy (non-hydrogen) atoms. The maximum Gasteiger partial charge on any atom is 0.142 e. The average Bonchev–Trinajstić information content (AvgIpc) is 3.09. The van der Waals surface area contributed by atoms with E-state index in [2.05, 4.69) is 49.5 Å². The van der Waals surface area contributed by atoms with E-state index in [0.29, 0.717) is 6.04 Å². The summed E-state index contributed by atoms with van der Waals surface area (Å²) in [4.78, 5) is 0. The zero-order valence-corrected chi connectivity index (χ0v) is 12.5. The van der Waals surface area contributed by atoms with E-state index >= 15 is 0 Å². The molecule has 1 N–H and O–H groups in total. The van der Waals surface area contributed by atoms with Gasteiger partial charge in [0.1, 0.15) is 5.75 Å². The highest BCUT2D eigenvalue weighted by Gasteiger charge is 2.38. The highest BCUT2D eigenvalue weighted by atomic mass is 16.5. The topological polar surface area (TPSA) is 21.3 Å². The van der Waals surface area contributed by atoms with Crippen LogP contribution in [-0.2, 0) is 0 Å². The molecule has 1 fully saturated rings. The summed E-state index contributed by atoms with van der Waals surface area (Å²) in [5, 5.41) is 3.69. The fourth-order valence-corrected chi connectivity index (χ4v) is 3.67. The van der Waals surface area contributed by atoms with Crippen molar-refractivity contribution in [3.63, 3.8) is 0 Å². The molecule has 2 bridgehead atoms. The minimum Gasteiger partial charge on any atom is -0.491 e. The van der Waals surface area contributed by atoms with Gasteiger partial charge in [0.15, 0.2) is 0 Å². The molecule has 1 aromatic rings. The van der Waals surface area contributed by atoms with Crippen LogP contribution >= 0.6 is 0 Å². The lowest BCUT2D eigenvalue weighted by atomic mass is 9.87. The van der Waals surface area contributed by atoms with Crippen LogP contribution < -0.4 is 10.1 Å². The maximum absolute atomic E-state index is 5.84. The highest BCUT2D eigenvalue weighted by Crippen LogP contribution is 2.45. The predicted molar refractivity (Wildman–Crippen MR) is 84.2 cm³/mol. The van der Waals surface area contributed by atoms with Crippen molar-refractivity contribution in [2.75, 3.05) is 11.9 Å². The Kier molecular flexibility index (Phi) is 4.00. The summed E-state index contributed by atoms with van der Waals surface area (Å²) in [6.45, 7) is 5.24. The molecule has 0 heterocycles. The fraction of sp³-hybridized carbons (Fsp3) is 0.556. The van der Waals surface area contributed by atoms with Crippen LogP contribution in [0.4, 0.5) is 5.69 Å². The van der Waals surface area contributed by atoms with Crippen LogP contribution in [0.25, 0.3) is 0 Å². The van der Waals surface area contributed by atoms with Gasteiger partial charge in [-0.15, -0.1) is 0 Å². The van der Waals surface area contributed by atoms with E-state index in [1.54, 1.807) is 0 Å². The number of benzene rings is 1. The second-order valence-corrected chi connectivity index (χ2v) is 6.22.